The second-order valence-electron chi connectivity index (χ2n) is 24.4. The van der Waals surface area contributed by atoms with Crippen molar-refractivity contribution in [3.05, 3.63) is 0 Å². The first-order valence-corrected chi connectivity index (χ1v) is 43.8. The van der Waals surface area contributed by atoms with Crippen LogP contribution in [0.15, 0.2) is 0 Å². The highest BCUT2D eigenvalue weighted by Crippen LogP contribution is 2.60. The van der Waals surface area contributed by atoms with Crippen LogP contribution in [0.5, 0.6) is 0 Å². The van der Waals surface area contributed by atoms with Crippen LogP contribution < -0.4 is 76.1 Å². The van der Waals surface area contributed by atoms with Crippen molar-refractivity contribution in [2.75, 3.05) is 107 Å². The van der Waals surface area contributed by atoms with Crippen LogP contribution in [0, 0.1) is 23.7 Å². The summed E-state index contributed by atoms with van der Waals surface area (Å²) in [5.41, 5.74) is 22.0. The lowest BCUT2D eigenvalue weighted by Crippen LogP contribution is -2.49. The molecule has 36 nitrogen and oxygen atoms in total. The van der Waals surface area contributed by atoms with Gasteiger partial charge in [-0.05, 0) is 89.9 Å². The van der Waals surface area contributed by atoms with E-state index in [-0.39, 0.29) is 104 Å². The van der Waals surface area contributed by atoms with E-state index < -0.39 is 110 Å². The maximum Gasteiger partial charge on any atom is 0.407 e. The Morgan fingerprint density at radius 2 is 0.528 bits per heavy atom. The standard InChI is InChI=1S/2C31H52N8O10S4/c2*1-48-30(46)37-15-8-5-11-21(38-31(47)49-2)27(45)36-16-12-24(42)39(17-22(40)34-13-6-3-9-19(25(32)43)28-50-51-28)18-23(41)35-14-7-4-10-20(26(33)44)29-52-53-29/h2*19-21,28-29H,3-18H2,1-2H3,(H2,32,43)(H2,33,44)(H,34,40)(H,35,41)(H,36,45)(H,37,46)(H,38,47)/t2*19-,20-,21-/m00/s1. The number of unbranched alkanes of at least 4 members (excludes halogenated alkanes) is 6. The predicted octanol–water partition coefficient (Wildman–Crippen LogP) is 1.58. The van der Waals surface area contributed by atoms with E-state index in [1.807, 2.05) is 0 Å². The third-order valence-electron chi connectivity index (χ3n) is 16.3. The molecular formula is C62H104N16O20S8. The lowest BCUT2D eigenvalue weighted by Gasteiger charge is -2.23. The summed E-state index contributed by atoms with van der Waals surface area (Å²) in [6.07, 6.45) is 6.54. The Hall–Kier alpha value is -6.48. The highest BCUT2D eigenvalue weighted by Gasteiger charge is 2.40. The number of carbonyl (C=O) groups excluding carboxylic acids is 16. The summed E-state index contributed by atoms with van der Waals surface area (Å²) in [6, 6.07) is -1.97. The van der Waals surface area contributed by atoms with Crippen molar-refractivity contribution < 1.29 is 95.7 Å². The Balaban J connectivity index is 0.000000550. The fourth-order valence-electron chi connectivity index (χ4n) is 10.1. The maximum atomic E-state index is 13.3. The number of alkyl carbamates (subject to hydrolysis) is 4. The van der Waals surface area contributed by atoms with E-state index in [9.17, 15) is 76.7 Å². The SMILES string of the molecule is COC(=O)NCCCC[C@H](NC(=O)OC)C(=O)NCCC(=O)N(CC(=O)NCCCC[C@@H](C(N)=O)C1SS1)CC(=O)NCCCC[C@@H](C(N)=O)C1SS1.COC(=O)NCCCC[C@H](NC(=O)OC)C(=O)NCCC(=O)N(CC(=O)NCCCC[C@@H](C(N)=O)C1SS1)CC(=O)NCCCC[C@@H](C(N)=O)C1SS1. The average molecular weight is 1650 g/mol. The normalized spacial score (nSPS) is 15.1. The minimum atomic E-state index is -0.983. The van der Waals surface area contributed by atoms with Gasteiger partial charge in [0.1, 0.15) is 38.3 Å². The Bertz CT molecular complexity index is 2600. The minimum Gasteiger partial charge on any atom is -0.453 e. The summed E-state index contributed by atoms with van der Waals surface area (Å²) in [7, 11) is 17.7. The maximum absolute atomic E-state index is 13.3. The second-order valence-corrected chi connectivity index (χ2v) is 35.9. The largest absolute Gasteiger partial charge is 0.453 e. The van der Waals surface area contributed by atoms with Gasteiger partial charge >= 0.3 is 24.4 Å². The highest BCUT2D eigenvalue weighted by atomic mass is 33.2. The first-order chi connectivity index (χ1) is 50.7. The van der Waals surface area contributed by atoms with Crippen LogP contribution in [-0.2, 0) is 76.5 Å². The number of amides is 16. The zero-order valence-electron chi connectivity index (χ0n) is 60.0. The van der Waals surface area contributed by atoms with E-state index in [1.165, 1.54) is 14.2 Å². The molecular weight excluding hydrogens is 1550 g/mol. The van der Waals surface area contributed by atoms with Crippen molar-refractivity contribution in [2.24, 2.45) is 46.6 Å². The van der Waals surface area contributed by atoms with Gasteiger partial charge in [0.15, 0.2) is 0 Å². The monoisotopic (exact) mass is 1650 g/mol. The zero-order valence-corrected chi connectivity index (χ0v) is 66.6. The number of primary amides is 4. The van der Waals surface area contributed by atoms with Crippen LogP contribution in [-0.4, -0.2) is 242 Å². The van der Waals surface area contributed by atoms with Crippen LogP contribution in [0.25, 0.3) is 0 Å². The number of hydrogen-bond acceptors (Lipinski definition) is 28. The molecule has 18 N–H and O–H groups in total. The molecule has 6 atom stereocenters. The summed E-state index contributed by atoms with van der Waals surface area (Å²) in [5.74, 6) is -6.45. The zero-order chi connectivity index (χ0) is 78.3. The number of carbonyl (C=O) groups is 16. The number of hydrogen-bond donors (Lipinski definition) is 14. The number of ether oxygens (including phenoxy) is 4. The molecule has 0 aliphatic carbocycles. The molecule has 0 spiro atoms. The Morgan fingerprint density at radius 3 is 0.745 bits per heavy atom. The number of methoxy groups -OCH3 is 4. The summed E-state index contributed by atoms with van der Waals surface area (Å²) >= 11 is 0. The molecule has 44 heteroatoms. The highest BCUT2D eigenvalue weighted by molar-refractivity contribution is 8.93. The van der Waals surface area contributed by atoms with Crippen molar-refractivity contribution in [2.45, 2.75) is 159 Å². The number of nitrogens with one attached hydrogen (secondary N) is 10. The van der Waals surface area contributed by atoms with Gasteiger partial charge in [0.05, 0.1) is 70.4 Å². The van der Waals surface area contributed by atoms with Crippen LogP contribution in [0.4, 0.5) is 19.2 Å². The van der Waals surface area contributed by atoms with Gasteiger partial charge in [0, 0.05) is 65.2 Å². The second kappa shape index (κ2) is 54.2. The Morgan fingerprint density at radius 1 is 0.302 bits per heavy atom. The van der Waals surface area contributed by atoms with Gasteiger partial charge < -0.3 is 105 Å². The topological polar surface area (TPSA) is 541 Å². The van der Waals surface area contributed by atoms with Crippen molar-refractivity contribution in [3.8, 4) is 0 Å². The first-order valence-electron chi connectivity index (χ1n) is 34.7. The number of rotatable bonds is 56. The molecule has 4 fully saturated rings. The predicted molar refractivity (Wildman–Crippen MR) is 410 cm³/mol. The van der Waals surface area contributed by atoms with Gasteiger partial charge in [-0.2, -0.15) is 0 Å². The van der Waals surface area contributed by atoms with Crippen molar-refractivity contribution >= 4 is 182 Å². The van der Waals surface area contributed by atoms with Crippen molar-refractivity contribution in [1.29, 1.82) is 0 Å². The average Bonchev–Trinajstić information content (AvgIpc) is 1.73. The lowest BCUT2D eigenvalue weighted by atomic mass is 10.0. The fraction of sp³-hybridized carbons (Fsp3) is 0.742. The molecule has 4 aliphatic rings. The Kier molecular flexibility index (Phi) is 47.9. The number of nitrogens with zero attached hydrogens (tertiary/aromatic N) is 2. The van der Waals surface area contributed by atoms with Crippen molar-refractivity contribution in [3.63, 3.8) is 0 Å². The molecule has 0 aromatic rings. The van der Waals surface area contributed by atoms with Gasteiger partial charge in [-0.3, -0.25) is 57.5 Å². The molecule has 0 saturated carbocycles. The van der Waals surface area contributed by atoms with Crippen molar-refractivity contribution in [1.82, 2.24) is 63.0 Å². The van der Waals surface area contributed by atoms with Crippen LogP contribution in [0.3, 0.4) is 0 Å². The van der Waals surface area contributed by atoms with Crippen LogP contribution in [0.2, 0.25) is 0 Å². The minimum absolute atomic E-state index is 0.141. The van der Waals surface area contributed by atoms with E-state index in [4.69, 9.17) is 22.9 Å². The van der Waals surface area contributed by atoms with Gasteiger partial charge in [0.2, 0.25) is 70.9 Å². The van der Waals surface area contributed by atoms with E-state index in [1.54, 1.807) is 86.4 Å². The molecule has 600 valence electrons. The lowest BCUT2D eigenvalue weighted by molar-refractivity contribution is -0.139. The van der Waals surface area contributed by atoms with Gasteiger partial charge in [-0.15, -0.1) is 0 Å². The Labute approximate surface area is 648 Å². The van der Waals surface area contributed by atoms with Crippen LogP contribution >= 0.6 is 86.4 Å². The summed E-state index contributed by atoms with van der Waals surface area (Å²) < 4.78 is 19.0. The van der Waals surface area contributed by atoms with Gasteiger partial charge in [-0.1, -0.05) is 112 Å². The quantitative estimate of drug-likeness (QED) is 0.0178. The first kappa shape index (κ1) is 93.7. The van der Waals surface area contributed by atoms with E-state index in [0.717, 1.165) is 24.0 Å². The molecule has 4 saturated heterocycles. The van der Waals surface area contributed by atoms with E-state index >= 15 is 0 Å². The molecule has 0 aromatic heterocycles. The van der Waals surface area contributed by atoms with E-state index in [2.05, 4.69) is 72.1 Å². The molecule has 0 aromatic carbocycles. The van der Waals surface area contributed by atoms with Gasteiger partial charge in [0.25, 0.3) is 0 Å². The van der Waals surface area contributed by atoms with Gasteiger partial charge in [-0.25, -0.2) is 19.2 Å². The smallest absolute Gasteiger partial charge is 0.407 e. The van der Waals surface area contributed by atoms with E-state index in [0.29, 0.717) is 142 Å². The summed E-state index contributed by atoms with van der Waals surface area (Å²) in [6.45, 7) is -0.0730. The molecule has 0 radical (unpaired) electrons. The molecule has 106 heavy (non-hydrogen) atoms. The van der Waals surface area contributed by atoms with Crippen LogP contribution in [0.1, 0.15) is 128 Å². The number of nitrogens with two attached hydrogens (primary N) is 4. The third-order valence-corrected chi connectivity index (χ3v) is 25.6. The third kappa shape index (κ3) is 42.9. The fourth-order valence-corrected chi connectivity index (χ4v) is 17.6. The molecule has 4 heterocycles. The molecule has 0 bridgehead atoms. The molecule has 4 rings (SSSR count). The molecule has 4 aliphatic heterocycles. The molecule has 16 amide bonds. The summed E-state index contributed by atoms with van der Waals surface area (Å²) in [5, 5.41) is 26.2. The summed E-state index contributed by atoms with van der Waals surface area (Å²) in [4.78, 5) is 199. The molecule has 0 unspecified atom stereocenters.